The highest BCUT2D eigenvalue weighted by Crippen LogP contribution is 2.11. The molecule has 1 atom stereocenters. The minimum Gasteiger partial charge on any atom is -0.462 e. The van der Waals surface area contributed by atoms with Gasteiger partial charge in [0.05, 0.1) is 6.42 Å². The van der Waals surface area contributed by atoms with Gasteiger partial charge in [-0.2, -0.15) is 0 Å². The second-order valence-electron chi connectivity index (χ2n) is 12.5. The molecule has 0 amide bonds. The standard InChI is InChI=1S/C43H70O6/c1-4-7-10-13-16-19-21-24-27-30-33-36-42(45)48-39-40(38-47-41(44)35-32-29-26-23-18-15-12-9-6-3)49-43(46)37-34-31-28-25-22-20-17-14-11-8-5-2/h9,12-14,16-19,21,23,29,32,40H,4-8,10-11,15,20,22,24-28,30-31,33-39H2,1-3H3/b12-9-,16-13-,17-14-,21-19-,23-18-,32-29-. The Hall–Kier alpha value is -3.15. The molecule has 0 aromatic carbocycles. The highest BCUT2D eigenvalue weighted by molar-refractivity contribution is 5.72. The van der Waals surface area contributed by atoms with Crippen LogP contribution >= 0.6 is 0 Å². The van der Waals surface area contributed by atoms with Crippen LogP contribution in [0.5, 0.6) is 0 Å². The monoisotopic (exact) mass is 683 g/mol. The Kier molecular flexibility index (Phi) is 35.2. The number of ether oxygens (including phenoxy) is 3. The van der Waals surface area contributed by atoms with Gasteiger partial charge in [0, 0.05) is 12.8 Å². The zero-order chi connectivity index (χ0) is 35.9. The first-order valence-electron chi connectivity index (χ1n) is 19.5. The fourth-order valence-electron chi connectivity index (χ4n) is 4.75. The number of hydrogen-bond donors (Lipinski definition) is 0. The van der Waals surface area contributed by atoms with Crippen molar-refractivity contribution in [3.8, 4) is 0 Å². The van der Waals surface area contributed by atoms with E-state index in [2.05, 4.69) is 81.5 Å². The zero-order valence-electron chi connectivity index (χ0n) is 31.4. The number of esters is 3. The molecule has 6 heteroatoms. The van der Waals surface area contributed by atoms with E-state index in [-0.39, 0.29) is 31.6 Å². The third kappa shape index (κ3) is 36.0. The molecule has 0 heterocycles. The van der Waals surface area contributed by atoms with Gasteiger partial charge in [-0.15, -0.1) is 0 Å². The van der Waals surface area contributed by atoms with Gasteiger partial charge in [-0.3, -0.25) is 14.4 Å². The highest BCUT2D eigenvalue weighted by Gasteiger charge is 2.19. The zero-order valence-corrected chi connectivity index (χ0v) is 31.4. The topological polar surface area (TPSA) is 78.9 Å². The average Bonchev–Trinajstić information content (AvgIpc) is 3.10. The second kappa shape index (κ2) is 37.7. The van der Waals surface area contributed by atoms with Gasteiger partial charge < -0.3 is 14.2 Å². The molecule has 49 heavy (non-hydrogen) atoms. The Morgan fingerprint density at radius 2 is 0.939 bits per heavy atom. The summed E-state index contributed by atoms with van der Waals surface area (Å²) in [6, 6.07) is 0. The predicted molar refractivity (Wildman–Crippen MR) is 205 cm³/mol. The summed E-state index contributed by atoms with van der Waals surface area (Å²) >= 11 is 0. The molecule has 0 spiro atoms. The van der Waals surface area contributed by atoms with Gasteiger partial charge in [0.2, 0.25) is 0 Å². The normalized spacial score (nSPS) is 12.8. The molecule has 0 radical (unpaired) electrons. The number of hydrogen-bond acceptors (Lipinski definition) is 6. The number of carbonyl (C=O) groups excluding carboxylic acids is 3. The van der Waals surface area contributed by atoms with E-state index in [1.807, 2.05) is 6.08 Å². The number of carbonyl (C=O) groups is 3. The third-order valence-electron chi connectivity index (χ3n) is 7.73. The van der Waals surface area contributed by atoms with Gasteiger partial charge >= 0.3 is 17.9 Å². The van der Waals surface area contributed by atoms with E-state index >= 15 is 0 Å². The molecule has 0 N–H and O–H groups in total. The van der Waals surface area contributed by atoms with Crippen molar-refractivity contribution in [3.63, 3.8) is 0 Å². The molecule has 278 valence electrons. The fourth-order valence-corrected chi connectivity index (χ4v) is 4.75. The smallest absolute Gasteiger partial charge is 0.309 e. The van der Waals surface area contributed by atoms with Gasteiger partial charge in [0.25, 0.3) is 0 Å². The van der Waals surface area contributed by atoms with Crippen LogP contribution in [0, 0.1) is 0 Å². The molecule has 0 aliphatic heterocycles. The number of unbranched alkanes of at least 4 members (excludes halogenated alkanes) is 12. The van der Waals surface area contributed by atoms with Crippen LogP contribution in [-0.4, -0.2) is 37.2 Å². The summed E-state index contributed by atoms with van der Waals surface area (Å²) in [6.07, 6.45) is 44.9. The van der Waals surface area contributed by atoms with Crippen LogP contribution in [0.1, 0.15) is 162 Å². The van der Waals surface area contributed by atoms with Crippen LogP contribution in [0.3, 0.4) is 0 Å². The van der Waals surface area contributed by atoms with E-state index in [0.29, 0.717) is 12.8 Å². The molecule has 0 rings (SSSR count). The Labute approximate surface area is 300 Å². The molecule has 0 aliphatic carbocycles. The number of rotatable bonds is 33. The van der Waals surface area contributed by atoms with Crippen molar-refractivity contribution in [1.29, 1.82) is 0 Å². The van der Waals surface area contributed by atoms with E-state index in [9.17, 15) is 14.4 Å². The summed E-state index contributed by atoms with van der Waals surface area (Å²) in [4.78, 5) is 37.3. The van der Waals surface area contributed by atoms with Gasteiger partial charge in [-0.25, -0.2) is 0 Å². The molecule has 1 unspecified atom stereocenters. The SMILES string of the molecule is CC/C=C\C/C=C\C/C=C\CC(=O)OCC(COC(=O)CCCCC/C=C\C=C/CCCC)OC(=O)CCCCCCC/C=C\CCCC. The van der Waals surface area contributed by atoms with Crippen LogP contribution in [0.2, 0.25) is 0 Å². The van der Waals surface area contributed by atoms with Crippen molar-refractivity contribution in [3.05, 3.63) is 72.9 Å². The van der Waals surface area contributed by atoms with Gasteiger partial charge in [-0.05, 0) is 70.6 Å². The molecule has 0 aromatic rings. The molecule has 0 saturated carbocycles. The first kappa shape index (κ1) is 45.9. The first-order valence-corrected chi connectivity index (χ1v) is 19.5. The van der Waals surface area contributed by atoms with E-state index in [1.54, 1.807) is 6.08 Å². The van der Waals surface area contributed by atoms with Crippen LogP contribution in [0.4, 0.5) is 0 Å². The maximum Gasteiger partial charge on any atom is 0.309 e. The van der Waals surface area contributed by atoms with Gasteiger partial charge in [0.1, 0.15) is 13.2 Å². The molecule has 0 saturated heterocycles. The Balaban J connectivity index is 4.54. The Bertz CT molecular complexity index is 971. The number of allylic oxidation sites excluding steroid dienone is 11. The highest BCUT2D eigenvalue weighted by atomic mass is 16.6. The summed E-state index contributed by atoms with van der Waals surface area (Å²) < 4.78 is 16.4. The summed E-state index contributed by atoms with van der Waals surface area (Å²) in [5.74, 6) is -1.10. The molecule has 0 bridgehead atoms. The summed E-state index contributed by atoms with van der Waals surface area (Å²) in [5.41, 5.74) is 0. The maximum atomic E-state index is 12.6. The molecule has 0 aliphatic rings. The minimum atomic E-state index is -0.821. The summed E-state index contributed by atoms with van der Waals surface area (Å²) in [7, 11) is 0. The first-order chi connectivity index (χ1) is 24.0. The molecule has 6 nitrogen and oxygen atoms in total. The van der Waals surface area contributed by atoms with E-state index in [0.717, 1.165) is 83.5 Å². The average molecular weight is 683 g/mol. The van der Waals surface area contributed by atoms with Crippen LogP contribution in [0.25, 0.3) is 0 Å². The summed E-state index contributed by atoms with van der Waals surface area (Å²) in [6.45, 7) is 6.25. The van der Waals surface area contributed by atoms with Crippen LogP contribution in [0.15, 0.2) is 72.9 Å². The lowest BCUT2D eigenvalue weighted by Crippen LogP contribution is -2.30. The Morgan fingerprint density at radius 3 is 1.57 bits per heavy atom. The van der Waals surface area contributed by atoms with Crippen molar-refractivity contribution in [2.45, 2.75) is 168 Å². The Morgan fingerprint density at radius 1 is 0.469 bits per heavy atom. The summed E-state index contributed by atoms with van der Waals surface area (Å²) in [5, 5.41) is 0. The predicted octanol–water partition coefficient (Wildman–Crippen LogP) is 12.0. The lowest BCUT2D eigenvalue weighted by Gasteiger charge is -2.18. The quantitative estimate of drug-likeness (QED) is 0.0225. The molecule has 0 fully saturated rings. The van der Waals surface area contributed by atoms with Gasteiger partial charge in [-0.1, -0.05) is 145 Å². The van der Waals surface area contributed by atoms with Crippen molar-refractivity contribution in [2.75, 3.05) is 13.2 Å². The van der Waals surface area contributed by atoms with Crippen molar-refractivity contribution in [1.82, 2.24) is 0 Å². The molecular weight excluding hydrogens is 612 g/mol. The second-order valence-corrected chi connectivity index (χ2v) is 12.5. The van der Waals surface area contributed by atoms with E-state index in [1.165, 1.54) is 38.5 Å². The molecular formula is C43H70O6. The van der Waals surface area contributed by atoms with E-state index < -0.39 is 12.1 Å². The molecule has 0 aromatic heterocycles. The lowest BCUT2D eigenvalue weighted by atomic mass is 10.1. The van der Waals surface area contributed by atoms with Crippen LogP contribution in [-0.2, 0) is 28.6 Å². The van der Waals surface area contributed by atoms with Crippen molar-refractivity contribution < 1.29 is 28.6 Å². The third-order valence-corrected chi connectivity index (χ3v) is 7.73. The fraction of sp³-hybridized carbons (Fsp3) is 0.651. The van der Waals surface area contributed by atoms with Gasteiger partial charge in [0.15, 0.2) is 6.10 Å². The van der Waals surface area contributed by atoms with Crippen molar-refractivity contribution >= 4 is 17.9 Å². The van der Waals surface area contributed by atoms with Crippen LogP contribution < -0.4 is 0 Å². The largest absolute Gasteiger partial charge is 0.462 e. The minimum absolute atomic E-state index is 0.121. The lowest BCUT2D eigenvalue weighted by molar-refractivity contribution is -0.166. The van der Waals surface area contributed by atoms with E-state index in [4.69, 9.17) is 14.2 Å². The maximum absolute atomic E-state index is 12.6. The van der Waals surface area contributed by atoms with Crippen molar-refractivity contribution in [2.24, 2.45) is 0 Å².